The summed E-state index contributed by atoms with van der Waals surface area (Å²) in [6.45, 7) is 3.90. The van der Waals surface area contributed by atoms with Crippen molar-refractivity contribution >= 4 is 26.9 Å². The molecule has 16 heavy (non-hydrogen) atoms. The Hall–Kier alpha value is -1.02. The first-order valence-electron chi connectivity index (χ1n) is 5.62. The third-order valence-electron chi connectivity index (χ3n) is 2.81. The van der Waals surface area contributed by atoms with Gasteiger partial charge in [0.25, 0.3) is 0 Å². The van der Waals surface area contributed by atoms with Gasteiger partial charge >= 0.3 is 105 Å². The normalized spacial score (nSPS) is 10.3. The molecule has 0 radical (unpaired) electrons. The Balaban J connectivity index is 2.35. The summed E-state index contributed by atoms with van der Waals surface area (Å²) in [5, 5.41) is 0. The maximum atomic E-state index is 3.90. The van der Waals surface area contributed by atoms with E-state index in [1.54, 1.807) is 7.16 Å². The molecule has 0 heterocycles. The molecule has 0 saturated carbocycles. The quantitative estimate of drug-likeness (QED) is 0.599. The van der Waals surface area contributed by atoms with Gasteiger partial charge in [-0.1, -0.05) is 0 Å². The monoisotopic (exact) mass is 316 g/mol. The summed E-state index contributed by atoms with van der Waals surface area (Å²) in [5.74, 6) is 0. The third kappa shape index (κ3) is 2.76. The molecule has 1 heteroatoms. The zero-order chi connectivity index (χ0) is 11.2. The van der Waals surface area contributed by atoms with Crippen LogP contribution in [-0.4, -0.2) is 19.8 Å². The Bertz CT molecular complexity index is 394. The first kappa shape index (κ1) is 11.5. The van der Waals surface area contributed by atoms with Crippen LogP contribution in [0.4, 0.5) is 0 Å². The van der Waals surface area contributed by atoms with Gasteiger partial charge in [-0.3, -0.25) is 0 Å². The SMILES string of the molecule is C=C[CH2][SnH]([c]1ccccc1)[c]1ccccc1. The summed E-state index contributed by atoms with van der Waals surface area (Å²) >= 11 is -1.84. The van der Waals surface area contributed by atoms with E-state index in [2.05, 4.69) is 73.3 Å². The molecule has 0 fully saturated rings. The van der Waals surface area contributed by atoms with Gasteiger partial charge in [-0.2, -0.15) is 0 Å². The summed E-state index contributed by atoms with van der Waals surface area (Å²) < 4.78 is 4.32. The zero-order valence-electron chi connectivity index (χ0n) is 9.34. The van der Waals surface area contributed by atoms with Crippen molar-refractivity contribution in [3.63, 3.8) is 0 Å². The van der Waals surface area contributed by atoms with Crippen LogP contribution in [0.5, 0.6) is 0 Å². The van der Waals surface area contributed by atoms with Crippen LogP contribution in [0.1, 0.15) is 0 Å². The van der Waals surface area contributed by atoms with Crippen molar-refractivity contribution < 1.29 is 0 Å². The van der Waals surface area contributed by atoms with Crippen molar-refractivity contribution in [2.75, 3.05) is 0 Å². The van der Waals surface area contributed by atoms with E-state index < -0.39 is 19.8 Å². The topological polar surface area (TPSA) is 0 Å². The Labute approximate surface area is 104 Å². The van der Waals surface area contributed by atoms with Crippen LogP contribution < -0.4 is 7.16 Å². The molecule has 0 aliphatic heterocycles. The Morgan fingerprint density at radius 3 is 1.62 bits per heavy atom. The molecule has 2 aromatic rings. The number of hydrogen-bond donors (Lipinski definition) is 0. The van der Waals surface area contributed by atoms with Gasteiger partial charge in [-0.05, 0) is 0 Å². The van der Waals surface area contributed by atoms with E-state index in [-0.39, 0.29) is 0 Å². The van der Waals surface area contributed by atoms with Crippen molar-refractivity contribution in [3.8, 4) is 0 Å². The van der Waals surface area contributed by atoms with Gasteiger partial charge in [0.1, 0.15) is 0 Å². The molecule has 0 atom stereocenters. The van der Waals surface area contributed by atoms with Crippen LogP contribution in [0.15, 0.2) is 73.3 Å². The van der Waals surface area contributed by atoms with E-state index in [0.717, 1.165) is 0 Å². The van der Waals surface area contributed by atoms with E-state index in [1.165, 1.54) is 4.44 Å². The van der Waals surface area contributed by atoms with Crippen molar-refractivity contribution in [2.24, 2.45) is 0 Å². The molecule has 0 aliphatic carbocycles. The first-order chi connectivity index (χ1) is 7.92. The van der Waals surface area contributed by atoms with Gasteiger partial charge < -0.3 is 0 Å². The van der Waals surface area contributed by atoms with Crippen LogP contribution in [0, 0.1) is 0 Å². The van der Waals surface area contributed by atoms with E-state index in [4.69, 9.17) is 0 Å². The standard InChI is InChI=1S/2C6H5.C3H5.Sn.H/c2*1-2-4-6-5-3-1;1-3-2;;/h2*1-5H;3H,1-2H2;;. The van der Waals surface area contributed by atoms with Gasteiger partial charge in [0.2, 0.25) is 0 Å². The summed E-state index contributed by atoms with van der Waals surface area (Å²) in [6.07, 6.45) is 2.08. The zero-order valence-corrected chi connectivity index (χ0v) is 12.6. The van der Waals surface area contributed by atoms with Gasteiger partial charge in [0.05, 0.1) is 0 Å². The fourth-order valence-electron chi connectivity index (χ4n) is 2.00. The second-order valence-electron chi connectivity index (χ2n) is 3.90. The Morgan fingerprint density at radius 2 is 1.25 bits per heavy atom. The average Bonchev–Trinajstić information content (AvgIpc) is 2.38. The molecule has 0 unspecified atom stereocenters. The van der Waals surface area contributed by atoms with Crippen molar-refractivity contribution in [1.82, 2.24) is 0 Å². The van der Waals surface area contributed by atoms with Gasteiger partial charge in [0.15, 0.2) is 0 Å². The van der Waals surface area contributed by atoms with Crippen LogP contribution in [0.25, 0.3) is 0 Å². The fourth-order valence-corrected chi connectivity index (χ4v) is 9.53. The van der Waals surface area contributed by atoms with Crippen LogP contribution >= 0.6 is 0 Å². The van der Waals surface area contributed by atoms with Crippen LogP contribution in [0.3, 0.4) is 0 Å². The molecule has 0 aliphatic rings. The number of benzene rings is 2. The van der Waals surface area contributed by atoms with Gasteiger partial charge in [0, 0.05) is 0 Å². The molecule has 0 aromatic heterocycles. The Kier molecular flexibility index (Phi) is 4.23. The van der Waals surface area contributed by atoms with Crippen LogP contribution in [-0.2, 0) is 0 Å². The molecule has 0 saturated heterocycles. The summed E-state index contributed by atoms with van der Waals surface area (Å²) in [5.41, 5.74) is 0. The molecular formula is C15H16Sn. The van der Waals surface area contributed by atoms with Gasteiger partial charge in [-0.25, -0.2) is 0 Å². The van der Waals surface area contributed by atoms with Gasteiger partial charge in [-0.15, -0.1) is 0 Å². The van der Waals surface area contributed by atoms with Crippen molar-refractivity contribution in [3.05, 3.63) is 73.3 Å². The molecule has 2 aromatic carbocycles. The second-order valence-corrected chi connectivity index (χ2v) is 12.2. The van der Waals surface area contributed by atoms with Crippen molar-refractivity contribution in [2.45, 2.75) is 4.44 Å². The molecule has 0 N–H and O–H groups in total. The number of allylic oxidation sites excluding steroid dienone is 1. The summed E-state index contributed by atoms with van der Waals surface area (Å²) in [6, 6.07) is 21.9. The van der Waals surface area contributed by atoms with E-state index in [1.807, 2.05) is 0 Å². The number of rotatable bonds is 4. The molecule has 0 amide bonds. The van der Waals surface area contributed by atoms with E-state index in [9.17, 15) is 0 Å². The molecular weight excluding hydrogens is 299 g/mol. The first-order valence-corrected chi connectivity index (χ1v) is 11.2. The van der Waals surface area contributed by atoms with E-state index >= 15 is 0 Å². The molecule has 2 rings (SSSR count). The maximum absolute atomic E-state index is 3.90. The molecule has 80 valence electrons. The van der Waals surface area contributed by atoms with Crippen LogP contribution in [0.2, 0.25) is 4.44 Å². The second kappa shape index (κ2) is 5.90. The Morgan fingerprint density at radius 1 is 0.812 bits per heavy atom. The summed E-state index contributed by atoms with van der Waals surface area (Å²) in [7, 11) is 0. The molecule has 0 spiro atoms. The predicted molar refractivity (Wildman–Crippen MR) is 74.3 cm³/mol. The summed E-state index contributed by atoms with van der Waals surface area (Å²) in [4.78, 5) is 0. The predicted octanol–water partition coefficient (Wildman–Crippen LogP) is 2.21. The molecule has 0 nitrogen and oxygen atoms in total. The van der Waals surface area contributed by atoms with Crippen molar-refractivity contribution in [1.29, 1.82) is 0 Å². The third-order valence-corrected chi connectivity index (χ3v) is 11.9. The molecule has 0 bridgehead atoms. The fraction of sp³-hybridized carbons (Fsp3) is 0.0667. The minimum absolute atomic E-state index is 1.19. The minimum atomic E-state index is -1.84. The average molecular weight is 315 g/mol. The number of hydrogen-bond acceptors (Lipinski definition) is 0. The van der Waals surface area contributed by atoms with E-state index in [0.29, 0.717) is 0 Å².